The van der Waals surface area contributed by atoms with E-state index in [1.807, 2.05) is 55.8 Å². The third kappa shape index (κ3) is 5.83. The number of amides is 1. The van der Waals surface area contributed by atoms with Crippen molar-refractivity contribution in [3.8, 4) is 0 Å². The molecule has 4 rings (SSSR count). The summed E-state index contributed by atoms with van der Waals surface area (Å²) in [5, 5.41) is 14.6. The number of benzene rings is 2. The first-order valence-electron chi connectivity index (χ1n) is 12.0. The first kappa shape index (κ1) is 24.8. The van der Waals surface area contributed by atoms with Gasteiger partial charge in [-0.25, -0.2) is 4.98 Å². The Morgan fingerprint density at radius 1 is 1.06 bits per heavy atom. The van der Waals surface area contributed by atoms with Crippen LogP contribution in [0.1, 0.15) is 53.2 Å². The van der Waals surface area contributed by atoms with Gasteiger partial charge in [0, 0.05) is 55.5 Å². The van der Waals surface area contributed by atoms with Crippen molar-refractivity contribution in [2.45, 2.75) is 33.2 Å². The predicted octanol–water partition coefficient (Wildman–Crippen LogP) is 5.63. The number of rotatable bonds is 8. The molecule has 35 heavy (non-hydrogen) atoms. The van der Waals surface area contributed by atoms with Gasteiger partial charge in [-0.3, -0.25) is 19.8 Å². The molecule has 0 atom stereocenters. The van der Waals surface area contributed by atoms with Crippen LogP contribution in [0.2, 0.25) is 0 Å². The maximum absolute atomic E-state index is 12.8. The Bertz CT molecular complexity index is 1190. The Hall–Kier alpha value is -3.36. The lowest BCUT2D eigenvalue weighted by Crippen LogP contribution is -2.30. The number of hydrogen-bond donors (Lipinski definition) is 0. The van der Waals surface area contributed by atoms with Crippen molar-refractivity contribution >= 4 is 28.5 Å². The summed E-state index contributed by atoms with van der Waals surface area (Å²) in [6.07, 6.45) is 3.59. The molecule has 1 aromatic heterocycles. The molecule has 0 unspecified atom stereocenters. The van der Waals surface area contributed by atoms with Gasteiger partial charge in [-0.15, -0.1) is 11.3 Å². The SMILES string of the molecule is CCN(CC)C(=O)c1ccc(C(=C2CCN(Cc3nccs3)CC2)c2cccc([N+](=O)[O-])c2)cc1. The second-order valence-electron chi connectivity index (χ2n) is 8.54. The highest BCUT2D eigenvalue weighted by molar-refractivity contribution is 7.09. The van der Waals surface area contributed by atoms with E-state index in [-0.39, 0.29) is 16.5 Å². The summed E-state index contributed by atoms with van der Waals surface area (Å²) in [6, 6.07) is 14.5. The standard InChI is InChI=1S/C27H30N4O3S/c1-3-30(4-2)27(32)22-10-8-20(9-11-22)26(23-6-5-7-24(18-23)31(33)34)21-12-15-29(16-13-21)19-25-28-14-17-35-25/h5-11,14,17-18H,3-4,12-13,15-16,19H2,1-2H3. The lowest BCUT2D eigenvalue weighted by molar-refractivity contribution is -0.384. The molecule has 8 heteroatoms. The third-order valence-corrected chi connectivity index (χ3v) is 7.24. The Balaban J connectivity index is 1.66. The molecule has 7 nitrogen and oxygen atoms in total. The van der Waals surface area contributed by atoms with Gasteiger partial charge in [-0.2, -0.15) is 0 Å². The van der Waals surface area contributed by atoms with E-state index in [2.05, 4.69) is 9.88 Å². The number of nitro benzene ring substituents is 1. The van der Waals surface area contributed by atoms with Crippen LogP contribution in [0.15, 0.2) is 65.7 Å². The van der Waals surface area contributed by atoms with Crippen LogP contribution < -0.4 is 0 Å². The van der Waals surface area contributed by atoms with Gasteiger partial charge in [-0.1, -0.05) is 29.8 Å². The first-order chi connectivity index (χ1) is 17.0. The molecular formula is C27H30N4O3S. The summed E-state index contributed by atoms with van der Waals surface area (Å²) >= 11 is 1.67. The van der Waals surface area contributed by atoms with Gasteiger partial charge in [0.1, 0.15) is 5.01 Å². The smallest absolute Gasteiger partial charge is 0.270 e. The van der Waals surface area contributed by atoms with Crippen molar-refractivity contribution in [2.24, 2.45) is 0 Å². The fourth-order valence-corrected chi connectivity index (χ4v) is 5.23. The molecule has 1 fully saturated rings. The van der Waals surface area contributed by atoms with E-state index in [1.54, 1.807) is 28.4 Å². The highest BCUT2D eigenvalue weighted by atomic mass is 32.1. The molecule has 0 radical (unpaired) electrons. The molecule has 0 bridgehead atoms. The summed E-state index contributed by atoms with van der Waals surface area (Å²) in [5.41, 5.74) is 4.86. The molecule has 1 amide bonds. The normalized spacial score (nSPS) is 14.1. The van der Waals surface area contributed by atoms with Crippen molar-refractivity contribution in [1.82, 2.24) is 14.8 Å². The summed E-state index contributed by atoms with van der Waals surface area (Å²) in [4.78, 5) is 32.5. The zero-order chi connectivity index (χ0) is 24.8. The van der Waals surface area contributed by atoms with Crippen molar-refractivity contribution in [3.05, 3.63) is 97.5 Å². The molecule has 1 aliphatic rings. The molecule has 3 aromatic rings. The topological polar surface area (TPSA) is 79.6 Å². The largest absolute Gasteiger partial charge is 0.339 e. The highest BCUT2D eigenvalue weighted by Gasteiger charge is 2.21. The first-order valence-corrected chi connectivity index (χ1v) is 12.8. The second kappa shape index (κ2) is 11.4. The summed E-state index contributed by atoms with van der Waals surface area (Å²) in [7, 11) is 0. The Kier molecular flexibility index (Phi) is 8.05. The van der Waals surface area contributed by atoms with Gasteiger partial charge in [0.25, 0.3) is 11.6 Å². The summed E-state index contributed by atoms with van der Waals surface area (Å²) in [6.45, 7) is 7.94. The summed E-state index contributed by atoms with van der Waals surface area (Å²) < 4.78 is 0. The van der Waals surface area contributed by atoms with Gasteiger partial charge in [-0.05, 0) is 55.5 Å². The number of carbonyl (C=O) groups excluding carboxylic acids is 1. The van der Waals surface area contributed by atoms with Crippen molar-refractivity contribution in [1.29, 1.82) is 0 Å². The zero-order valence-electron chi connectivity index (χ0n) is 20.1. The molecule has 2 aromatic carbocycles. The molecular weight excluding hydrogens is 460 g/mol. The number of thiazole rings is 1. The molecule has 0 saturated carbocycles. The quantitative estimate of drug-likeness (QED) is 0.302. The van der Waals surface area contributed by atoms with Crippen LogP contribution >= 0.6 is 11.3 Å². The minimum Gasteiger partial charge on any atom is -0.339 e. The van der Waals surface area contributed by atoms with E-state index in [0.717, 1.165) is 54.2 Å². The van der Waals surface area contributed by atoms with E-state index in [9.17, 15) is 14.9 Å². The van der Waals surface area contributed by atoms with Crippen LogP contribution in [0.25, 0.3) is 5.57 Å². The van der Waals surface area contributed by atoms with Gasteiger partial charge in [0.2, 0.25) is 0 Å². The molecule has 1 saturated heterocycles. The Labute approximate surface area is 209 Å². The molecule has 0 spiro atoms. The van der Waals surface area contributed by atoms with Crippen LogP contribution in [0, 0.1) is 10.1 Å². The molecule has 182 valence electrons. The summed E-state index contributed by atoms with van der Waals surface area (Å²) in [5.74, 6) is 0.0154. The molecule has 0 N–H and O–H groups in total. The number of hydrogen-bond acceptors (Lipinski definition) is 6. The lowest BCUT2D eigenvalue weighted by Gasteiger charge is -2.29. The molecule has 0 aliphatic carbocycles. The number of aromatic nitrogens is 1. The fourth-order valence-electron chi connectivity index (χ4n) is 4.58. The minimum atomic E-state index is -0.353. The number of nitrogens with zero attached hydrogens (tertiary/aromatic N) is 4. The van der Waals surface area contributed by atoms with E-state index < -0.39 is 0 Å². The van der Waals surface area contributed by atoms with E-state index in [0.29, 0.717) is 18.7 Å². The number of likely N-dealkylation sites (tertiary alicyclic amines) is 1. The van der Waals surface area contributed by atoms with Gasteiger partial charge >= 0.3 is 0 Å². The second-order valence-corrected chi connectivity index (χ2v) is 9.52. The van der Waals surface area contributed by atoms with Crippen molar-refractivity contribution < 1.29 is 9.72 Å². The number of piperidine rings is 1. The Morgan fingerprint density at radius 2 is 1.74 bits per heavy atom. The molecule has 1 aliphatic heterocycles. The van der Waals surface area contributed by atoms with Crippen LogP contribution in [0.5, 0.6) is 0 Å². The van der Waals surface area contributed by atoms with Gasteiger partial charge in [0.15, 0.2) is 0 Å². The third-order valence-electron chi connectivity index (χ3n) is 6.47. The zero-order valence-corrected chi connectivity index (χ0v) is 21.0. The highest BCUT2D eigenvalue weighted by Crippen LogP contribution is 2.34. The van der Waals surface area contributed by atoms with Crippen LogP contribution in [0.4, 0.5) is 5.69 Å². The van der Waals surface area contributed by atoms with Gasteiger partial charge in [0.05, 0.1) is 11.5 Å². The maximum Gasteiger partial charge on any atom is 0.270 e. The molecule has 2 heterocycles. The maximum atomic E-state index is 12.8. The van der Waals surface area contributed by atoms with Crippen molar-refractivity contribution in [3.63, 3.8) is 0 Å². The minimum absolute atomic E-state index is 0.0154. The van der Waals surface area contributed by atoms with E-state index >= 15 is 0 Å². The van der Waals surface area contributed by atoms with Crippen molar-refractivity contribution in [2.75, 3.05) is 26.2 Å². The predicted molar refractivity (Wildman–Crippen MR) is 139 cm³/mol. The van der Waals surface area contributed by atoms with Gasteiger partial charge < -0.3 is 4.90 Å². The van der Waals surface area contributed by atoms with E-state index in [1.165, 1.54) is 11.6 Å². The number of non-ortho nitro benzene ring substituents is 1. The van der Waals surface area contributed by atoms with E-state index in [4.69, 9.17) is 0 Å². The van der Waals surface area contributed by atoms with Crippen LogP contribution in [-0.2, 0) is 6.54 Å². The Morgan fingerprint density at radius 3 is 2.34 bits per heavy atom. The fraction of sp³-hybridized carbons (Fsp3) is 0.333. The average Bonchev–Trinajstić information content (AvgIpc) is 3.39. The number of carbonyl (C=O) groups is 1. The average molecular weight is 491 g/mol. The number of nitro groups is 1. The van der Waals surface area contributed by atoms with Crippen LogP contribution in [0.3, 0.4) is 0 Å². The van der Waals surface area contributed by atoms with Crippen LogP contribution in [-0.4, -0.2) is 51.8 Å². The monoisotopic (exact) mass is 490 g/mol. The lowest BCUT2D eigenvalue weighted by atomic mass is 9.88.